The number of phosphoric acid groups is 1. The van der Waals surface area contributed by atoms with Crippen LogP contribution >= 0.6 is 7.82 Å². The maximum Gasteiger partial charge on any atom is 0.472 e. The Kier molecular flexibility index (Phi) is 21.4. The van der Waals surface area contributed by atoms with E-state index in [9.17, 15) is 39.8 Å². The van der Waals surface area contributed by atoms with Gasteiger partial charge >= 0.3 is 13.8 Å². The quantitative estimate of drug-likeness (QED) is 0.0490. The van der Waals surface area contributed by atoms with E-state index in [1.807, 2.05) is 0 Å². The van der Waals surface area contributed by atoms with Crippen LogP contribution in [0.15, 0.2) is 0 Å². The van der Waals surface area contributed by atoms with Crippen molar-refractivity contribution in [3.8, 4) is 0 Å². The molecule has 0 aromatic carbocycles. The van der Waals surface area contributed by atoms with Crippen LogP contribution in [0, 0.1) is 0 Å². The van der Waals surface area contributed by atoms with Crippen LogP contribution in [0.3, 0.4) is 0 Å². The third-order valence-corrected chi connectivity index (χ3v) is 8.47. The van der Waals surface area contributed by atoms with Gasteiger partial charge in [-0.2, -0.15) is 0 Å². The Morgan fingerprint density at radius 1 is 0.667 bits per heavy atom. The SMILES string of the molecule is CCCCCCCCCCOCC(COP(=O)(O)OC1C(O)C(O)C(O)C(O)C1O)OC(=O)CCCCCCCCC. The van der Waals surface area contributed by atoms with Gasteiger partial charge in [-0.05, 0) is 12.8 Å². The minimum Gasteiger partial charge on any atom is -0.457 e. The number of aliphatic hydroxyl groups is 5. The van der Waals surface area contributed by atoms with Gasteiger partial charge in [-0.1, -0.05) is 97.3 Å². The van der Waals surface area contributed by atoms with Crippen LogP contribution in [-0.2, 0) is 27.9 Å². The maximum absolute atomic E-state index is 12.6. The van der Waals surface area contributed by atoms with Crippen LogP contribution < -0.4 is 0 Å². The number of hydrogen-bond acceptors (Lipinski definition) is 11. The summed E-state index contributed by atoms with van der Waals surface area (Å²) in [7, 11) is -4.98. The van der Waals surface area contributed by atoms with E-state index < -0.39 is 63.1 Å². The molecule has 250 valence electrons. The van der Waals surface area contributed by atoms with Crippen molar-refractivity contribution in [2.24, 2.45) is 0 Å². The van der Waals surface area contributed by atoms with Crippen LogP contribution in [0.1, 0.15) is 117 Å². The van der Waals surface area contributed by atoms with E-state index in [0.29, 0.717) is 13.0 Å². The highest BCUT2D eigenvalue weighted by Gasteiger charge is 2.51. The number of rotatable bonds is 25. The van der Waals surface area contributed by atoms with E-state index in [-0.39, 0.29) is 13.0 Å². The molecule has 1 fully saturated rings. The predicted molar refractivity (Wildman–Crippen MR) is 157 cm³/mol. The van der Waals surface area contributed by atoms with Crippen molar-refractivity contribution in [2.75, 3.05) is 19.8 Å². The van der Waals surface area contributed by atoms with Crippen LogP contribution in [0.5, 0.6) is 0 Å². The minimum atomic E-state index is -4.98. The van der Waals surface area contributed by atoms with Gasteiger partial charge in [0.15, 0.2) is 0 Å². The molecule has 13 heteroatoms. The Hall–Kier alpha value is -0.660. The van der Waals surface area contributed by atoms with E-state index in [1.165, 1.54) is 44.9 Å². The summed E-state index contributed by atoms with van der Waals surface area (Å²) in [5.74, 6) is -0.486. The summed E-state index contributed by atoms with van der Waals surface area (Å²) in [5.41, 5.74) is 0. The second-order valence-corrected chi connectivity index (χ2v) is 12.7. The lowest BCUT2D eigenvalue weighted by molar-refractivity contribution is -0.220. The number of ether oxygens (including phenoxy) is 2. The molecule has 0 heterocycles. The van der Waals surface area contributed by atoms with Crippen molar-refractivity contribution in [3.05, 3.63) is 0 Å². The van der Waals surface area contributed by atoms with Crippen molar-refractivity contribution in [1.29, 1.82) is 0 Å². The van der Waals surface area contributed by atoms with Crippen molar-refractivity contribution >= 4 is 13.8 Å². The minimum absolute atomic E-state index is 0.0719. The molecule has 0 aromatic heterocycles. The van der Waals surface area contributed by atoms with Crippen LogP contribution in [0.25, 0.3) is 0 Å². The van der Waals surface area contributed by atoms with Gasteiger partial charge in [-0.25, -0.2) is 4.57 Å². The zero-order valence-corrected chi connectivity index (χ0v) is 26.5. The van der Waals surface area contributed by atoms with Gasteiger partial charge < -0.3 is 39.9 Å². The number of hydrogen-bond donors (Lipinski definition) is 6. The second kappa shape index (κ2) is 22.8. The van der Waals surface area contributed by atoms with Gasteiger partial charge in [-0.3, -0.25) is 13.8 Å². The Balaban J connectivity index is 2.57. The molecule has 1 aliphatic carbocycles. The fourth-order valence-corrected chi connectivity index (χ4v) is 5.80. The highest BCUT2D eigenvalue weighted by atomic mass is 31.2. The molecule has 0 amide bonds. The highest BCUT2D eigenvalue weighted by molar-refractivity contribution is 7.47. The van der Waals surface area contributed by atoms with Gasteiger partial charge in [0.2, 0.25) is 0 Å². The van der Waals surface area contributed by atoms with Crippen molar-refractivity contribution in [3.63, 3.8) is 0 Å². The Morgan fingerprint density at radius 3 is 1.64 bits per heavy atom. The summed E-state index contributed by atoms with van der Waals surface area (Å²) in [5, 5.41) is 49.6. The molecule has 42 heavy (non-hydrogen) atoms. The number of aliphatic hydroxyl groups excluding tert-OH is 5. The second-order valence-electron chi connectivity index (χ2n) is 11.3. The molecule has 1 saturated carbocycles. The summed E-state index contributed by atoms with van der Waals surface area (Å²) < 4.78 is 33.6. The molecular weight excluding hydrogens is 571 g/mol. The van der Waals surface area contributed by atoms with Crippen LogP contribution in [0.2, 0.25) is 0 Å². The molecule has 0 radical (unpaired) electrons. The molecule has 0 aliphatic heterocycles. The molecule has 0 saturated heterocycles. The average Bonchev–Trinajstić information content (AvgIpc) is 2.96. The standard InChI is InChI=1S/C29H57O12P/c1-3-5-7-9-11-13-15-17-19-38-20-22(40-23(30)18-16-14-12-10-8-6-4-2)21-39-42(36,37)41-29-27(34)25(32)24(31)26(33)28(29)35/h22,24-29,31-35H,3-21H2,1-2H3,(H,36,37). The lowest BCUT2D eigenvalue weighted by atomic mass is 9.85. The molecule has 0 aromatic rings. The third kappa shape index (κ3) is 16.4. The first-order chi connectivity index (χ1) is 20.0. The average molecular weight is 629 g/mol. The fourth-order valence-electron chi connectivity index (χ4n) is 4.82. The first kappa shape index (κ1) is 39.4. The predicted octanol–water partition coefficient (Wildman–Crippen LogP) is 3.52. The molecule has 0 bridgehead atoms. The Bertz CT molecular complexity index is 725. The monoisotopic (exact) mass is 628 g/mol. The zero-order chi connectivity index (χ0) is 31.4. The smallest absolute Gasteiger partial charge is 0.457 e. The summed E-state index contributed by atoms with van der Waals surface area (Å²) in [6.07, 6.45) is 3.84. The first-order valence-corrected chi connectivity index (χ1v) is 17.4. The van der Waals surface area contributed by atoms with E-state index >= 15 is 0 Å². The molecule has 1 aliphatic rings. The van der Waals surface area contributed by atoms with E-state index in [1.54, 1.807) is 0 Å². The molecule has 1 rings (SSSR count). The van der Waals surface area contributed by atoms with Crippen LogP contribution in [-0.4, -0.2) is 98.9 Å². The number of carbonyl (C=O) groups is 1. The lowest BCUT2D eigenvalue weighted by Crippen LogP contribution is -2.64. The Morgan fingerprint density at radius 2 is 1.12 bits per heavy atom. The molecule has 6 atom stereocenters. The van der Waals surface area contributed by atoms with E-state index in [2.05, 4.69) is 13.8 Å². The number of phosphoric ester groups is 1. The first-order valence-electron chi connectivity index (χ1n) is 15.9. The number of unbranched alkanes of at least 4 members (excludes halogenated alkanes) is 13. The van der Waals surface area contributed by atoms with Crippen LogP contribution in [0.4, 0.5) is 0 Å². The van der Waals surface area contributed by atoms with Gasteiger partial charge in [0.05, 0.1) is 13.2 Å². The van der Waals surface area contributed by atoms with Crippen molar-refractivity contribution in [1.82, 2.24) is 0 Å². The summed E-state index contributed by atoms with van der Waals surface area (Å²) in [6.45, 7) is 4.12. The summed E-state index contributed by atoms with van der Waals surface area (Å²) in [4.78, 5) is 22.7. The van der Waals surface area contributed by atoms with E-state index in [4.69, 9.17) is 18.5 Å². The molecule has 6 unspecified atom stereocenters. The maximum atomic E-state index is 12.6. The lowest BCUT2D eigenvalue weighted by Gasteiger charge is -2.41. The molecule has 6 N–H and O–H groups in total. The zero-order valence-electron chi connectivity index (χ0n) is 25.6. The molecule has 12 nitrogen and oxygen atoms in total. The number of carbonyl (C=O) groups excluding carboxylic acids is 1. The van der Waals surface area contributed by atoms with Crippen molar-refractivity contribution in [2.45, 2.75) is 159 Å². The normalized spacial score (nSPS) is 26.6. The topological polar surface area (TPSA) is 192 Å². The van der Waals surface area contributed by atoms with Gasteiger partial charge in [-0.15, -0.1) is 0 Å². The Labute approximate surface area is 251 Å². The summed E-state index contributed by atoms with van der Waals surface area (Å²) in [6, 6.07) is 0. The van der Waals surface area contributed by atoms with Gasteiger partial charge in [0.1, 0.15) is 42.7 Å². The number of esters is 1. The molecule has 0 spiro atoms. The summed E-state index contributed by atoms with van der Waals surface area (Å²) >= 11 is 0. The van der Waals surface area contributed by atoms with Gasteiger partial charge in [0, 0.05) is 13.0 Å². The van der Waals surface area contributed by atoms with Crippen molar-refractivity contribution < 1.29 is 58.3 Å². The fraction of sp³-hybridized carbons (Fsp3) is 0.966. The highest BCUT2D eigenvalue weighted by Crippen LogP contribution is 2.47. The third-order valence-electron chi connectivity index (χ3n) is 7.48. The molecular formula is C29H57O12P. The van der Waals surface area contributed by atoms with Gasteiger partial charge in [0.25, 0.3) is 0 Å². The largest absolute Gasteiger partial charge is 0.472 e. The van der Waals surface area contributed by atoms with E-state index in [0.717, 1.165) is 44.9 Å².